The summed E-state index contributed by atoms with van der Waals surface area (Å²) in [7, 11) is 0. The first-order valence-electron chi connectivity index (χ1n) is 5.53. The van der Waals surface area contributed by atoms with Crippen LogP contribution < -0.4 is 0 Å². The molecule has 96 valence electrons. The van der Waals surface area contributed by atoms with Crippen molar-refractivity contribution >= 4 is 29.2 Å². The van der Waals surface area contributed by atoms with E-state index in [4.69, 9.17) is 11.6 Å². The lowest BCUT2D eigenvalue weighted by Crippen LogP contribution is -1.99. The Morgan fingerprint density at radius 3 is 2.42 bits per heavy atom. The number of carboxylic acids is 1. The molecule has 0 aliphatic rings. The SMILES string of the molecule is O=C(O)/C(=C/c1ccc(Cl)cc1F)c1ccccc1. The molecule has 2 aromatic carbocycles. The van der Waals surface area contributed by atoms with E-state index in [0.29, 0.717) is 5.56 Å². The van der Waals surface area contributed by atoms with Gasteiger partial charge >= 0.3 is 5.97 Å². The van der Waals surface area contributed by atoms with Gasteiger partial charge in [-0.3, -0.25) is 0 Å². The van der Waals surface area contributed by atoms with Crippen LogP contribution in [-0.2, 0) is 4.79 Å². The zero-order chi connectivity index (χ0) is 13.8. The van der Waals surface area contributed by atoms with Crippen LogP contribution in [0.4, 0.5) is 4.39 Å². The van der Waals surface area contributed by atoms with Crippen LogP contribution in [0.1, 0.15) is 11.1 Å². The number of aliphatic carboxylic acids is 1. The van der Waals surface area contributed by atoms with E-state index in [1.54, 1.807) is 30.3 Å². The van der Waals surface area contributed by atoms with E-state index in [1.807, 2.05) is 0 Å². The third-order valence-electron chi connectivity index (χ3n) is 2.58. The van der Waals surface area contributed by atoms with Gasteiger partial charge in [0.25, 0.3) is 0 Å². The van der Waals surface area contributed by atoms with E-state index < -0.39 is 11.8 Å². The molecule has 0 aliphatic carbocycles. The molecule has 0 atom stereocenters. The fourth-order valence-electron chi connectivity index (χ4n) is 1.66. The molecule has 19 heavy (non-hydrogen) atoms. The molecule has 2 nitrogen and oxygen atoms in total. The quantitative estimate of drug-likeness (QED) is 0.677. The predicted molar refractivity (Wildman–Crippen MR) is 73.4 cm³/mol. The lowest BCUT2D eigenvalue weighted by molar-refractivity contribution is -0.130. The zero-order valence-electron chi connectivity index (χ0n) is 9.81. The molecule has 0 fully saturated rings. The maximum absolute atomic E-state index is 13.7. The van der Waals surface area contributed by atoms with Crippen LogP contribution in [0.25, 0.3) is 11.6 Å². The van der Waals surface area contributed by atoms with Crippen LogP contribution >= 0.6 is 11.6 Å². The topological polar surface area (TPSA) is 37.3 Å². The summed E-state index contributed by atoms with van der Waals surface area (Å²) in [6.45, 7) is 0. The molecule has 2 aromatic rings. The van der Waals surface area contributed by atoms with Gasteiger partial charge in [-0.15, -0.1) is 0 Å². The summed E-state index contributed by atoms with van der Waals surface area (Å²) in [5, 5.41) is 9.49. The van der Waals surface area contributed by atoms with Crippen molar-refractivity contribution in [1.29, 1.82) is 0 Å². The summed E-state index contributed by atoms with van der Waals surface area (Å²) in [4.78, 5) is 11.3. The minimum Gasteiger partial charge on any atom is -0.478 e. The van der Waals surface area contributed by atoms with Crippen LogP contribution in [-0.4, -0.2) is 11.1 Å². The van der Waals surface area contributed by atoms with Crippen LogP contribution in [0.5, 0.6) is 0 Å². The molecule has 0 heterocycles. The van der Waals surface area contributed by atoms with Crippen molar-refractivity contribution in [2.24, 2.45) is 0 Å². The van der Waals surface area contributed by atoms with Crippen LogP contribution in [0.2, 0.25) is 5.02 Å². The Morgan fingerprint density at radius 1 is 1.16 bits per heavy atom. The van der Waals surface area contributed by atoms with Crippen molar-refractivity contribution < 1.29 is 14.3 Å². The summed E-state index contributed by atoms with van der Waals surface area (Å²) < 4.78 is 13.7. The molecular weight excluding hydrogens is 267 g/mol. The zero-order valence-corrected chi connectivity index (χ0v) is 10.6. The minimum atomic E-state index is -1.11. The molecule has 0 radical (unpaired) electrons. The van der Waals surface area contributed by atoms with E-state index in [-0.39, 0.29) is 16.2 Å². The second kappa shape index (κ2) is 5.67. The molecular formula is C15H10ClFO2. The molecule has 2 rings (SSSR count). The van der Waals surface area contributed by atoms with Gasteiger partial charge in [0.1, 0.15) is 5.82 Å². The Morgan fingerprint density at radius 2 is 1.84 bits per heavy atom. The summed E-state index contributed by atoms with van der Waals surface area (Å²) in [5.74, 6) is -1.66. The first-order valence-corrected chi connectivity index (χ1v) is 5.91. The Balaban J connectivity index is 2.51. The highest BCUT2D eigenvalue weighted by molar-refractivity contribution is 6.30. The second-order valence-corrected chi connectivity index (χ2v) is 4.33. The van der Waals surface area contributed by atoms with Crippen molar-refractivity contribution in [2.45, 2.75) is 0 Å². The van der Waals surface area contributed by atoms with Gasteiger partial charge in [0, 0.05) is 10.6 Å². The number of hydrogen-bond acceptors (Lipinski definition) is 1. The molecule has 0 aromatic heterocycles. The fraction of sp³-hybridized carbons (Fsp3) is 0. The van der Waals surface area contributed by atoms with Gasteiger partial charge < -0.3 is 5.11 Å². The first kappa shape index (κ1) is 13.3. The third-order valence-corrected chi connectivity index (χ3v) is 2.81. The molecule has 0 saturated carbocycles. The van der Waals surface area contributed by atoms with Crippen molar-refractivity contribution in [3.05, 3.63) is 70.5 Å². The number of carboxylic acid groups (broad SMARTS) is 1. The molecule has 0 spiro atoms. The number of halogens is 2. The fourth-order valence-corrected chi connectivity index (χ4v) is 1.82. The van der Waals surface area contributed by atoms with Crippen molar-refractivity contribution in [1.82, 2.24) is 0 Å². The summed E-state index contributed by atoms with van der Waals surface area (Å²) in [6, 6.07) is 12.7. The van der Waals surface area contributed by atoms with Gasteiger partial charge in [-0.25, -0.2) is 9.18 Å². The van der Waals surface area contributed by atoms with Gasteiger partial charge in [-0.1, -0.05) is 48.0 Å². The van der Waals surface area contributed by atoms with Gasteiger partial charge in [0.05, 0.1) is 5.57 Å². The number of carbonyl (C=O) groups is 1. The molecule has 0 saturated heterocycles. The first-order chi connectivity index (χ1) is 9.08. The Bertz CT molecular complexity index is 636. The summed E-state index contributed by atoms with van der Waals surface area (Å²) in [5.41, 5.74) is 0.733. The molecule has 4 heteroatoms. The van der Waals surface area contributed by atoms with Gasteiger partial charge in [-0.2, -0.15) is 0 Å². The molecule has 0 bridgehead atoms. The summed E-state index contributed by atoms with van der Waals surface area (Å²) >= 11 is 5.66. The largest absolute Gasteiger partial charge is 0.478 e. The predicted octanol–water partition coefficient (Wildman–Crippen LogP) is 4.10. The smallest absolute Gasteiger partial charge is 0.336 e. The second-order valence-electron chi connectivity index (χ2n) is 3.90. The Kier molecular flexibility index (Phi) is 3.97. The van der Waals surface area contributed by atoms with Crippen LogP contribution in [0.3, 0.4) is 0 Å². The van der Waals surface area contributed by atoms with Crippen molar-refractivity contribution in [3.8, 4) is 0 Å². The van der Waals surface area contributed by atoms with Crippen LogP contribution in [0, 0.1) is 5.82 Å². The lowest BCUT2D eigenvalue weighted by atomic mass is 10.0. The highest BCUT2D eigenvalue weighted by Gasteiger charge is 2.11. The van der Waals surface area contributed by atoms with Gasteiger partial charge in [0.15, 0.2) is 0 Å². The maximum Gasteiger partial charge on any atom is 0.336 e. The van der Waals surface area contributed by atoms with E-state index in [9.17, 15) is 14.3 Å². The average molecular weight is 277 g/mol. The number of hydrogen-bond donors (Lipinski definition) is 1. The van der Waals surface area contributed by atoms with Crippen molar-refractivity contribution in [3.63, 3.8) is 0 Å². The molecule has 0 aliphatic heterocycles. The normalized spacial score (nSPS) is 11.4. The number of benzene rings is 2. The van der Waals surface area contributed by atoms with E-state index in [1.165, 1.54) is 18.2 Å². The van der Waals surface area contributed by atoms with Gasteiger partial charge in [0.2, 0.25) is 0 Å². The monoisotopic (exact) mass is 276 g/mol. The van der Waals surface area contributed by atoms with Crippen LogP contribution in [0.15, 0.2) is 48.5 Å². The Labute approximate surface area is 114 Å². The highest BCUT2D eigenvalue weighted by Crippen LogP contribution is 2.22. The highest BCUT2D eigenvalue weighted by atomic mass is 35.5. The molecule has 1 N–H and O–H groups in total. The Hall–Kier alpha value is -2.13. The van der Waals surface area contributed by atoms with E-state index >= 15 is 0 Å². The minimum absolute atomic E-state index is 0.0295. The molecule has 0 unspecified atom stereocenters. The van der Waals surface area contributed by atoms with E-state index in [0.717, 1.165) is 6.07 Å². The third kappa shape index (κ3) is 3.20. The average Bonchev–Trinajstić information content (AvgIpc) is 2.38. The summed E-state index contributed by atoms with van der Waals surface area (Å²) in [6.07, 6.45) is 1.29. The lowest BCUT2D eigenvalue weighted by Gasteiger charge is -2.04. The maximum atomic E-state index is 13.7. The molecule has 0 amide bonds. The number of rotatable bonds is 3. The van der Waals surface area contributed by atoms with Gasteiger partial charge in [-0.05, 0) is 23.8 Å². The van der Waals surface area contributed by atoms with E-state index in [2.05, 4.69) is 0 Å². The standard InChI is InChI=1S/C15H10ClFO2/c16-12-7-6-11(14(17)9-12)8-13(15(18)19)10-4-2-1-3-5-10/h1-9H,(H,18,19)/b13-8+. The van der Waals surface area contributed by atoms with Crippen molar-refractivity contribution in [2.75, 3.05) is 0 Å².